The molecular weight excluding hydrogens is 252 g/mol. The molecule has 0 spiro atoms. The van der Waals surface area contributed by atoms with Crippen molar-refractivity contribution in [3.63, 3.8) is 0 Å². The van der Waals surface area contributed by atoms with Crippen molar-refractivity contribution < 1.29 is 4.79 Å². The summed E-state index contributed by atoms with van der Waals surface area (Å²) in [7, 11) is 0. The highest BCUT2D eigenvalue weighted by Gasteiger charge is 2.25. The van der Waals surface area contributed by atoms with Gasteiger partial charge in [-0.1, -0.05) is 0 Å². The van der Waals surface area contributed by atoms with Gasteiger partial charge in [0.15, 0.2) is 0 Å². The van der Waals surface area contributed by atoms with Crippen LogP contribution in [0.5, 0.6) is 0 Å². The summed E-state index contributed by atoms with van der Waals surface area (Å²) in [5, 5.41) is 2.83. The van der Waals surface area contributed by atoms with E-state index in [1.54, 1.807) is 11.3 Å². The molecule has 3 nitrogen and oxygen atoms in total. The number of carbonyl (C=O) groups is 1. The first-order valence-corrected chi connectivity index (χ1v) is 8.18. The Bertz CT molecular complexity index is 390. The molecular formula is C12H18N2OS2. The van der Waals surface area contributed by atoms with E-state index in [1.807, 2.05) is 29.0 Å². The molecule has 0 saturated carbocycles. The van der Waals surface area contributed by atoms with Gasteiger partial charge in [-0.3, -0.25) is 4.79 Å². The van der Waals surface area contributed by atoms with Crippen LogP contribution in [-0.2, 0) is 0 Å². The second kappa shape index (κ2) is 5.87. The van der Waals surface area contributed by atoms with Gasteiger partial charge in [0, 0.05) is 18.5 Å². The summed E-state index contributed by atoms with van der Waals surface area (Å²) in [5.74, 6) is 1.92. The Balaban J connectivity index is 1.99. The lowest BCUT2D eigenvalue weighted by Crippen LogP contribution is -2.40. The molecule has 0 aliphatic carbocycles. The van der Waals surface area contributed by atoms with Crippen molar-refractivity contribution in [2.45, 2.75) is 19.8 Å². The quantitative estimate of drug-likeness (QED) is 0.846. The van der Waals surface area contributed by atoms with Gasteiger partial charge in [0.25, 0.3) is 5.91 Å². The van der Waals surface area contributed by atoms with E-state index in [9.17, 15) is 4.79 Å². The second-order valence-electron chi connectivity index (χ2n) is 4.47. The molecule has 1 aliphatic rings. The summed E-state index contributed by atoms with van der Waals surface area (Å²) >= 11 is 3.42. The third-order valence-corrected chi connectivity index (χ3v) is 4.62. The normalized spacial score (nSPS) is 20.6. The summed E-state index contributed by atoms with van der Waals surface area (Å²) in [6.07, 6.45) is 4.51. The number of hydrogen-bond acceptors (Lipinski definition) is 4. The number of likely N-dealkylation sites (tertiary alicyclic amines) is 1. The number of nitrogens with zero attached hydrogens (tertiary/aromatic N) is 2. The van der Waals surface area contributed by atoms with E-state index in [4.69, 9.17) is 0 Å². The molecule has 94 valence electrons. The predicted molar refractivity (Wildman–Crippen MR) is 73.9 cm³/mol. The molecule has 1 unspecified atom stereocenters. The number of amides is 1. The number of thioether (sulfide) groups is 1. The number of piperidine rings is 1. The van der Waals surface area contributed by atoms with Crippen molar-refractivity contribution in [1.82, 2.24) is 9.88 Å². The monoisotopic (exact) mass is 270 g/mol. The fourth-order valence-corrected chi connectivity index (χ4v) is 3.58. The summed E-state index contributed by atoms with van der Waals surface area (Å²) in [6, 6.07) is 0. The van der Waals surface area contributed by atoms with Gasteiger partial charge >= 0.3 is 0 Å². The van der Waals surface area contributed by atoms with Gasteiger partial charge in [0.1, 0.15) is 5.69 Å². The molecule has 1 amide bonds. The van der Waals surface area contributed by atoms with Crippen LogP contribution in [0, 0.1) is 12.8 Å². The lowest BCUT2D eigenvalue weighted by atomic mass is 10.00. The molecule has 1 saturated heterocycles. The van der Waals surface area contributed by atoms with E-state index in [2.05, 4.69) is 11.2 Å². The van der Waals surface area contributed by atoms with Crippen molar-refractivity contribution >= 4 is 29.0 Å². The van der Waals surface area contributed by atoms with Crippen LogP contribution in [0.15, 0.2) is 5.38 Å². The minimum Gasteiger partial charge on any atom is -0.337 e. The van der Waals surface area contributed by atoms with E-state index in [0.29, 0.717) is 11.6 Å². The van der Waals surface area contributed by atoms with E-state index >= 15 is 0 Å². The zero-order chi connectivity index (χ0) is 12.3. The highest BCUT2D eigenvalue weighted by atomic mass is 32.2. The lowest BCUT2D eigenvalue weighted by Gasteiger charge is -2.32. The minimum absolute atomic E-state index is 0.111. The fourth-order valence-electron chi connectivity index (χ4n) is 2.24. The molecule has 0 N–H and O–H groups in total. The zero-order valence-corrected chi connectivity index (χ0v) is 11.9. The molecule has 0 bridgehead atoms. The Morgan fingerprint density at radius 3 is 3.18 bits per heavy atom. The highest BCUT2D eigenvalue weighted by molar-refractivity contribution is 7.98. The molecule has 1 aromatic heterocycles. The molecule has 1 aromatic rings. The van der Waals surface area contributed by atoms with E-state index < -0.39 is 0 Å². The second-order valence-corrected chi connectivity index (χ2v) is 6.44. The van der Waals surface area contributed by atoms with Crippen LogP contribution in [0.1, 0.15) is 28.3 Å². The Morgan fingerprint density at radius 1 is 1.71 bits per heavy atom. The first-order chi connectivity index (χ1) is 8.20. The van der Waals surface area contributed by atoms with Gasteiger partial charge in [-0.2, -0.15) is 11.8 Å². The van der Waals surface area contributed by atoms with E-state index in [1.165, 1.54) is 6.42 Å². The molecule has 1 atom stereocenters. The van der Waals surface area contributed by atoms with Crippen LogP contribution < -0.4 is 0 Å². The highest BCUT2D eigenvalue weighted by Crippen LogP contribution is 2.21. The first kappa shape index (κ1) is 12.9. The molecule has 17 heavy (non-hydrogen) atoms. The maximum absolute atomic E-state index is 12.2. The van der Waals surface area contributed by atoms with Gasteiger partial charge < -0.3 is 4.90 Å². The molecule has 0 radical (unpaired) electrons. The van der Waals surface area contributed by atoms with Crippen molar-refractivity contribution in [2.75, 3.05) is 25.1 Å². The van der Waals surface area contributed by atoms with Crippen molar-refractivity contribution in [3.05, 3.63) is 16.1 Å². The Hall–Kier alpha value is -0.550. The summed E-state index contributed by atoms with van der Waals surface area (Å²) in [5.41, 5.74) is 0.623. The Morgan fingerprint density at radius 2 is 2.53 bits per heavy atom. The number of aromatic nitrogens is 1. The van der Waals surface area contributed by atoms with Gasteiger partial charge in [0.05, 0.1) is 5.01 Å². The van der Waals surface area contributed by atoms with Crippen LogP contribution in [0.2, 0.25) is 0 Å². The average molecular weight is 270 g/mol. The topological polar surface area (TPSA) is 33.2 Å². The number of rotatable bonds is 3. The smallest absolute Gasteiger partial charge is 0.273 e. The molecule has 2 heterocycles. The predicted octanol–water partition coefficient (Wildman–Crippen LogP) is 2.67. The van der Waals surface area contributed by atoms with Gasteiger partial charge in [-0.05, 0) is 37.7 Å². The average Bonchev–Trinajstić information content (AvgIpc) is 2.76. The van der Waals surface area contributed by atoms with Crippen molar-refractivity contribution in [1.29, 1.82) is 0 Å². The molecule has 0 aromatic carbocycles. The molecule has 1 aliphatic heterocycles. The maximum Gasteiger partial charge on any atom is 0.273 e. The summed E-state index contributed by atoms with van der Waals surface area (Å²) in [6.45, 7) is 3.73. The van der Waals surface area contributed by atoms with Gasteiger partial charge in [-0.15, -0.1) is 11.3 Å². The third kappa shape index (κ3) is 3.22. The fraction of sp³-hybridized carbons (Fsp3) is 0.667. The maximum atomic E-state index is 12.2. The van der Waals surface area contributed by atoms with Crippen molar-refractivity contribution in [2.24, 2.45) is 5.92 Å². The van der Waals surface area contributed by atoms with Crippen LogP contribution >= 0.6 is 23.1 Å². The molecule has 5 heteroatoms. The summed E-state index contributed by atoms with van der Waals surface area (Å²) < 4.78 is 0. The molecule has 2 rings (SSSR count). The Labute approximate surface area is 111 Å². The number of carbonyl (C=O) groups excluding carboxylic acids is 1. The SMILES string of the molecule is CSCC1CCCN(C(=O)c2csc(C)n2)C1. The van der Waals surface area contributed by atoms with Crippen LogP contribution in [-0.4, -0.2) is 40.9 Å². The third-order valence-electron chi connectivity index (χ3n) is 3.05. The van der Waals surface area contributed by atoms with Gasteiger partial charge in [0.2, 0.25) is 0 Å². The standard InChI is InChI=1S/C12H18N2OS2/c1-9-13-11(8-17-9)12(15)14-5-3-4-10(6-14)7-16-2/h8,10H,3-7H2,1-2H3. The van der Waals surface area contributed by atoms with Crippen LogP contribution in [0.4, 0.5) is 0 Å². The van der Waals surface area contributed by atoms with E-state index in [0.717, 1.165) is 30.3 Å². The van der Waals surface area contributed by atoms with Crippen LogP contribution in [0.25, 0.3) is 0 Å². The zero-order valence-electron chi connectivity index (χ0n) is 10.3. The number of aryl methyl sites for hydroxylation is 1. The number of thiazole rings is 1. The largest absolute Gasteiger partial charge is 0.337 e. The lowest BCUT2D eigenvalue weighted by molar-refractivity contribution is 0.0680. The van der Waals surface area contributed by atoms with Crippen LogP contribution in [0.3, 0.4) is 0 Å². The first-order valence-electron chi connectivity index (χ1n) is 5.91. The molecule has 1 fully saturated rings. The van der Waals surface area contributed by atoms with Crippen molar-refractivity contribution in [3.8, 4) is 0 Å². The van der Waals surface area contributed by atoms with E-state index in [-0.39, 0.29) is 5.91 Å². The number of hydrogen-bond donors (Lipinski definition) is 0. The van der Waals surface area contributed by atoms with Gasteiger partial charge in [-0.25, -0.2) is 4.98 Å². The minimum atomic E-state index is 0.111. The Kier molecular flexibility index (Phi) is 4.45. The summed E-state index contributed by atoms with van der Waals surface area (Å²) in [4.78, 5) is 18.5.